The first-order valence-electron chi connectivity index (χ1n) is 10.0. The molecule has 0 bridgehead atoms. The van der Waals surface area contributed by atoms with E-state index in [0.717, 1.165) is 30.3 Å². The zero-order valence-electron chi connectivity index (χ0n) is 16.9. The summed E-state index contributed by atoms with van der Waals surface area (Å²) in [6, 6.07) is 5.06. The van der Waals surface area contributed by atoms with Crippen LogP contribution >= 0.6 is 0 Å². The Hall–Kier alpha value is -2.65. The number of hydrogen-bond acceptors (Lipinski definition) is 2. The highest BCUT2D eigenvalue weighted by Crippen LogP contribution is 2.46. The van der Waals surface area contributed by atoms with Crippen LogP contribution in [0, 0.1) is 6.92 Å². The van der Waals surface area contributed by atoms with Gasteiger partial charge in [0.25, 0.3) is 0 Å². The van der Waals surface area contributed by atoms with Gasteiger partial charge in [0.05, 0.1) is 23.2 Å². The number of fused-ring (bicyclic) bond motifs is 1. The first-order chi connectivity index (χ1) is 14.9. The maximum atomic E-state index is 13.3. The molecule has 32 heavy (non-hydrogen) atoms. The molecule has 2 aromatic carbocycles. The van der Waals surface area contributed by atoms with E-state index in [2.05, 4.69) is 0 Å². The van der Waals surface area contributed by atoms with E-state index in [9.17, 15) is 31.1 Å². The number of rotatable bonds is 2. The highest BCUT2D eigenvalue weighted by Gasteiger charge is 2.49. The van der Waals surface area contributed by atoms with Crippen molar-refractivity contribution in [3.63, 3.8) is 0 Å². The van der Waals surface area contributed by atoms with Gasteiger partial charge in [-0.25, -0.2) is 4.79 Å². The fourth-order valence-electron chi connectivity index (χ4n) is 4.61. The molecule has 2 aromatic rings. The zero-order valence-corrected chi connectivity index (χ0v) is 16.9. The Morgan fingerprint density at radius 1 is 0.969 bits per heavy atom. The van der Waals surface area contributed by atoms with Gasteiger partial charge in [0.15, 0.2) is 0 Å². The summed E-state index contributed by atoms with van der Waals surface area (Å²) in [5, 5.41) is 0. The monoisotopic (exact) mass is 453 g/mol. The van der Waals surface area contributed by atoms with E-state index < -0.39 is 47.8 Å². The number of halogens is 6. The van der Waals surface area contributed by atoms with Gasteiger partial charge in [0.1, 0.15) is 14.0 Å². The van der Waals surface area contributed by atoms with Crippen LogP contribution < -0.4 is 5.46 Å². The summed E-state index contributed by atoms with van der Waals surface area (Å²) < 4.78 is 85.0. The van der Waals surface area contributed by atoms with E-state index in [1.54, 1.807) is 0 Å². The lowest BCUT2D eigenvalue weighted by Gasteiger charge is -2.38. The fraction of sp³-hybridized carbons (Fsp3) is 0.409. The number of carbonyl (C=O) groups is 1. The van der Waals surface area contributed by atoms with Crippen LogP contribution in [0.5, 0.6) is 0 Å². The fourth-order valence-corrected chi connectivity index (χ4v) is 4.61. The number of amides is 1. The number of alkyl halides is 6. The minimum absolute atomic E-state index is 0.106. The minimum atomic E-state index is -4.58. The summed E-state index contributed by atoms with van der Waals surface area (Å²) >= 11 is 0. The summed E-state index contributed by atoms with van der Waals surface area (Å²) in [4.78, 5) is 14.1. The number of piperidine rings is 1. The molecule has 1 amide bonds. The van der Waals surface area contributed by atoms with Crippen LogP contribution in [0.15, 0.2) is 36.4 Å². The van der Waals surface area contributed by atoms with Crippen LogP contribution in [-0.4, -0.2) is 24.9 Å². The quantitative estimate of drug-likeness (QED) is 0.437. The lowest BCUT2D eigenvalue weighted by molar-refractivity contribution is -0.138. The molecule has 2 saturated heterocycles. The number of carbonyl (C=O) groups excluding carboxylic acids is 1. The second kappa shape index (κ2) is 7.74. The van der Waals surface area contributed by atoms with Crippen LogP contribution in [0.25, 0.3) is 0 Å². The zero-order chi connectivity index (χ0) is 23.4. The molecule has 2 aliphatic heterocycles. The normalized spacial score (nSPS) is 23.8. The van der Waals surface area contributed by atoms with E-state index in [0.29, 0.717) is 24.8 Å². The Morgan fingerprint density at radius 3 is 2.31 bits per heavy atom. The minimum Gasteiger partial charge on any atom is -0.439 e. The second-order valence-corrected chi connectivity index (χ2v) is 8.20. The summed E-state index contributed by atoms with van der Waals surface area (Å²) in [6.45, 7) is 1.51. The molecule has 10 heteroatoms. The number of aryl methyl sites for hydroxylation is 1. The molecule has 2 heterocycles. The molecule has 4 rings (SSSR count). The molecule has 2 fully saturated rings. The Morgan fingerprint density at radius 2 is 1.66 bits per heavy atom. The summed E-state index contributed by atoms with van der Waals surface area (Å²) in [5.41, 5.74) is -0.912. The van der Waals surface area contributed by atoms with Gasteiger partial charge in [0, 0.05) is 0 Å². The topological polar surface area (TPSA) is 29.5 Å². The molecule has 2 aliphatic rings. The van der Waals surface area contributed by atoms with Crippen LogP contribution in [-0.2, 0) is 17.1 Å². The van der Waals surface area contributed by atoms with Crippen molar-refractivity contribution >= 4 is 19.4 Å². The Labute approximate surface area is 181 Å². The molecule has 0 N–H and O–H groups in total. The molecule has 168 valence electrons. The third kappa shape index (κ3) is 4.07. The van der Waals surface area contributed by atoms with Gasteiger partial charge in [0.2, 0.25) is 0 Å². The van der Waals surface area contributed by atoms with Crippen LogP contribution in [0.4, 0.5) is 31.1 Å². The lowest BCUT2D eigenvalue weighted by Crippen LogP contribution is -2.42. The number of cyclic esters (lactones) is 1. The SMILES string of the molecule is [B]c1ccc(C(F)(F)F)cc1[C@@H]1CCC[C@H]2[C@@H](c3cc(C)cc(C(F)(F)F)c3)OC(=O)N12. The average molecular weight is 453 g/mol. The maximum Gasteiger partial charge on any atom is 0.416 e. The van der Waals surface area contributed by atoms with E-state index >= 15 is 0 Å². The molecule has 2 radical (unpaired) electrons. The van der Waals surface area contributed by atoms with Crippen molar-refractivity contribution in [2.24, 2.45) is 0 Å². The van der Waals surface area contributed by atoms with Crippen LogP contribution in [0.2, 0.25) is 0 Å². The van der Waals surface area contributed by atoms with Gasteiger partial charge in [-0.15, -0.1) is 0 Å². The number of benzene rings is 2. The number of nitrogens with zero attached hydrogens (tertiary/aromatic N) is 1. The predicted octanol–water partition coefficient (Wildman–Crippen LogP) is 5.61. The van der Waals surface area contributed by atoms with E-state index in [1.807, 2.05) is 0 Å². The van der Waals surface area contributed by atoms with Gasteiger partial charge >= 0.3 is 18.4 Å². The highest BCUT2D eigenvalue weighted by molar-refractivity contribution is 6.33. The molecular weight excluding hydrogens is 435 g/mol. The molecule has 0 unspecified atom stereocenters. The summed E-state index contributed by atoms with van der Waals surface area (Å²) in [6.07, 6.45) is -9.53. The van der Waals surface area contributed by atoms with Crippen molar-refractivity contribution in [1.29, 1.82) is 0 Å². The van der Waals surface area contributed by atoms with Crippen LogP contribution in [0.1, 0.15) is 59.2 Å². The van der Waals surface area contributed by atoms with Gasteiger partial charge < -0.3 is 4.74 Å². The first kappa shape index (κ1) is 22.5. The smallest absolute Gasteiger partial charge is 0.416 e. The summed E-state index contributed by atoms with van der Waals surface area (Å²) in [5.74, 6) is 0. The summed E-state index contributed by atoms with van der Waals surface area (Å²) in [7, 11) is 5.95. The standard InChI is InChI=1S/C22H18BF6NO2/c1-11-7-12(9-14(8-11)22(27,28)29)19-18-4-2-3-17(30(18)20(31)32-19)15-10-13(21(24,25)26)5-6-16(15)23/h5-10,17-19H,2-4H2,1H3/t17-,18-,19+/m0/s1. The first-order valence-corrected chi connectivity index (χ1v) is 10.0. The van der Waals surface area contributed by atoms with E-state index in [-0.39, 0.29) is 16.6 Å². The molecule has 3 nitrogen and oxygen atoms in total. The van der Waals surface area contributed by atoms with Gasteiger partial charge in [-0.2, -0.15) is 26.3 Å². The molecule has 0 aromatic heterocycles. The third-order valence-electron chi connectivity index (χ3n) is 5.99. The molecule has 0 aliphatic carbocycles. The van der Waals surface area contributed by atoms with Crippen LogP contribution in [0.3, 0.4) is 0 Å². The van der Waals surface area contributed by atoms with Gasteiger partial charge in [-0.05, 0) is 55.5 Å². The third-order valence-corrected chi connectivity index (χ3v) is 5.99. The highest BCUT2D eigenvalue weighted by atomic mass is 19.4. The van der Waals surface area contributed by atoms with Gasteiger partial charge in [-0.3, -0.25) is 4.90 Å². The predicted molar refractivity (Wildman–Crippen MR) is 104 cm³/mol. The average Bonchev–Trinajstić information content (AvgIpc) is 3.03. The van der Waals surface area contributed by atoms with Crippen molar-refractivity contribution in [2.45, 2.75) is 56.7 Å². The van der Waals surface area contributed by atoms with Crippen molar-refractivity contribution in [1.82, 2.24) is 4.90 Å². The van der Waals surface area contributed by atoms with Crippen molar-refractivity contribution in [3.05, 3.63) is 64.2 Å². The number of ether oxygens (including phenoxy) is 1. The Bertz CT molecular complexity index is 1050. The molecule has 3 atom stereocenters. The second-order valence-electron chi connectivity index (χ2n) is 8.20. The molecular formula is C22H18BF6NO2. The van der Waals surface area contributed by atoms with Gasteiger partial charge in [-0.1, -0.05) is 29.2 Å². The van der Waals surface area contributed by atoms with Crippen molar-refractivity contribution in [2.75, 3.05) is 0 Å². The number of hydrogen-bond donors (Lipinski definition) is 0. The van der Waals surface area contributed by atoms with Crippen molar-refractivity contribution in [3.8, 4) is 0 Å². The van der Waals surface area contributed by atoms with Crippen molar-refractivity contribution < 1.29 is 35.9 Å². The largest absolute Gasteiger partial charge is 0.439 e. The van der Waals surface area contributed by atoms with E-state index in [4.69, 9.17) is 12.6 Å². The Balaban J connectivity index is 1.72. The lowest BCUT2D eigenvalue weighted by atomic mass is 9.80. The Kier molecular flexibility index (Phi) is 5.45. The van der Waals surface area contributed by atoms with E-state index in [1.165, 1.54) is 17.9 Å². The molecule has 0 spiro atoms. The molecule has 0 saturated carbocycles. The maximum absolute atomic E-state index is 13.3.